The van der Waals surface area contributed by atoms with E-state index in [9.17, 15) is 5.21 Å². The van der Waals surface area contributed by atoms with Crippen molar-refractivity contribution in [3.63, 3.8) is 0 Å². The van der Waals surface area contributed by atoms with E-state index in [0.29, 0.717) is 5.69 Å². The molecule has 0 spiro atoms. The van der Waals surface area contributed by atoms with E-state index in [-0.39, 0.29) is 5.75 Å². The van der Waals surface area contributed by atoms with E-state index in [1.165, 1.54) is 6.21 Å². The van der Waals surface area contributed by atoms with E-state index >= 15 is 0 Å². The van der Waals surface area contributed by atoms with E-state index in [0.717, 1.165) is 10.3 Å². The summed E-state index contributed by atoms with van der Waals surface area (Å²) in [7, 11) is 0. The minimum absolute atomic E-state index is 0.189. The van der Waals surface area contributed by atoms with Gasteiger partial charge in [0.15, 0.2) is 6.21 Å². The number of hydrogen-bond donors (Lipinski definition) is 1. The smallest absolute Gasteiger partial charge is 0.216 e. The van der Waals surface area contributed by atoms with E-state index in [1.54, 1.807) is 36.4 Å². The van der Waals surface area contributed by atoms with Gasteiger partial charge in [-0.15, -0.1) is 0 Å². The van der Waals surface area contributed by atoms with Crippen LogP contribution >= 0.6 is 0 Å². The number of rotatable bonds is 2. The molecule has 0 amide bonds. The van der Waals surface area contributed by atoms with Crippen LogP contribution in [0.4, 0.5) is 5.69 Å². The summed E-state index contributed by atoms with van der Waals surface area (Å²) in [5.74, 6) is 0.189. The van der Waals surface area contributed by atoms with Gasteiger partial charge in [-0.25, -0.2) is 0 Å². The van der Waals surface area contributed by atoms with E-state index in [1.807, 2.05) is 18.2 Å². The highest BCUT2D eigenvalue weighted by Gasteiger charge is 1.99. The zero-order valence-corrected chi connectivity index (χ0v) is 8.58. The van der Waals surface area contributed by atoms with Gasteiger partial charge >= 0.3 is 0 Å². The lowest BCUT2D eigenvalue weighted by atomic mass is 10.2. The molecule has 0 fully saturated rings. The molecule has 1 N–H and O–H groups in total. The molecule has 0 aliphatic heterocycles. The van der Waals surface area contributed by atoms with Crippen LogP contribution in [0.15, 0.2) is 54.6 Å². The Hall–Kier alpha value is -2.29. The van der Waals surface area contributed by atoms with Gasteiger partial charge in [-0.2, -0.15) is 4.74 Å². The lowest BCUT2D eigenvalue weighted by Crippen LogP contribution is -1.98. The van der Waals surface area contributed by atoms with Gasteiger partial charge in [0, 0.05) is 17.7 Å². The molecule has 3 heteroatoms. The van der Waals surface area contributed by atoms with Crippen molar-refractivity contribution in [1.82, 2.24) is 0 Å². The first-order valence-corrected chi connectivity index (χ1v) is 4.91. The van der Waals surface area contributed by atoms with Crippen molar-refractivity contribution in [2.75, 3.05) is 0 Å². The van der Waals surface area contributed by atoms with Crippen molar-refractivity contribution >= 4 is 11.9 Å². The van der Waals surface area contributed by atoms with E-state index < -0.39 is 0 Å². The third-order valence-electron chi connectivity index (χ3n) is 2.17. The fourth-order valence-corrected chi connectivity index (χ4v) is 1.35. The molecule has 0 saturated carbocycles. The second kappa shape index (κ2) is 4.49. The van der Waals surface area contributed by atoms with E-state index in [4.69, 9.17) is 5.11 Å². The SMILES string of the molecule is [O-][N+](=Cc1ccc(O)cc1)c1ccccc1. The summed E-state index contributed by atoms with van der Waals surface area (Å²) in [5, 5.41) is 20.8. The van der Waals surface area contributed by atoms with Crippen LogP contribution < -0.4 is 0 Å². The Morgan fingerprint density at radius 2 is 1.56 bits per heavy atom. The Morgan fingerprint density at radius 1 is 0.938 bits per heavy atom. The number of phenolic OH excluding ortho intramolecular Hbond substituents is 1. The Kier molecular flexibility index (Phi) is 2.87. The first-order valence-electron chi connectivity index (χ1n) is 4.91. The van der Waals surface area contributed by atoms with Gasteiger partial charge in [-0.1, -0.05) is 18.2 Å². The van der Waals surface area contributed by atoms with Crippen LogP contribution in [0.2, 0.25) is 0 Å². The normalized spacial score (nSPS) is 11.4. The highest BCUT2D eigenvalue weighted by molar-refractivity contribution is 5.76. The van der Waals surface area contributed by atoms with Crippen molar-refractivity contribution < 1.29 is 9.85 Å². The summed E-state index contributed by atoms with van der Waals surface area (Å²) >= 11 is 0. The molecule has 16 heavy (non-hydrogen) atoms. The molecule has 0 atom stereocenters. The molecule has 2 aromatic rings. The third kappa shape index (κ3) is 2.39. The maximum absolute atomic E-state index is 11.7. The average Bonchev–Trinajstić information content (AvgIpc) is 2.33. The van der Waals surface area contributed by atoms with Crippen LogP contribution in [0.5, 0.6) is 5.75 Å². The fraction of sp³-hybridized carbons (Fsp3) is 0. The lowest BCUT2D eigenvalue weighted by molar-refractivity contribution is -0.354. The molecule has 0 unspecified atom stereocenters. The van der Waals surface area contributed by atoms with Gasteiger partial charge in [0.2, 0.25) is 5.69 Å². The number of aromatic hydroxyl groups is 1. The monoisotopic (exact) mass is 213 g/mol. The van der Waals surface area contributed by atoms with Gasteiger partial charge < -0.3 is 10.3 Å². The maximum atomic E-state index is 11.7. The molecular formula is C13H11NO2. The second-order valence-corrected chi connectivity index (χ2v) is 3.38. The predicted octanol–water partition coefficient (Wildman–Crippen LogP) is 2.65. The summed E-state index contributed by atoms with van der Waals surface area (Å²) in [5.41, 5.74) is 1.33. The molecule has 0 aliphatic rings. The number of hydrogen-bond acceptors (Lipinski definition) is 2. The molecule has 0 radical (unpaired) electrons. The summed E-state index contributed by atoms with van der Waals surface area (Å²) in [6.07, 6.45) is 1.47. The van der Waals surface area contributed by atoms with Crippen LogP contribution in [0, 0.1) is 5.21 Å². The molecule has 0 saturated heterocycles. The van der Waals surface area contributed by atoms with Gasteiger partial charge in [-0.3, -0.25) is 0 Å². The van der Waals surface area contributed by atoms with E-state index in [2.05, 4.69) is 0 Å². The summed E-state index contributed by atoms with van der Waals surface area (Å²) in [6, 6.07) is 15.4. The molecule has 0 heterocycles. The minimum Gasteiger partial charge on any atom is -0.618 e. The standard InChI is InChI=1S/C13H11NO2/c15-13-8-6-11(7-9-13)10-14(16)12-4-2-1-3-5-12/h1-10,15H. The summed E-state index contributed by atoms with van der Waals surface area (Å²) in [6.45, 7) is 0. The molecule has 3 nitrogen and oxygen atoms in total. The van der Waals surface area contributed by atoms with Gasteiger partial charge in [0.1, 0.15) is 5.75 Å². The van der Waals surface area contributed by atoms with Crippen molar-refractivity contribution in [1.29, 1.82) is 0 Å². The third-order valence-corrected chi connectivity index (χ3v) is 2.17. The van der Waals surface area contributed by atoms with Crippen LogP contribution in [0.25, 0.3) is 0 Å². The maximum Gasteiger partial charge on any atom is 0.216 e. The van der Waals surface area contributed by atoms with Crippen molar-refractivity contribution in [2.45, 2.75) is 0 Å². The fourth-order valence-electron chi connectivity index (χ4n) is 1.35. The van der Waals surface area contributed by atoms with Crippen LogP contribution in [0.1, 0.15) is 5.56 Å². The quantitative estimate of drug-likeness (QED) is 0.361. The summed E-state index contributed by atoms with van der Waals surface area (Å²) < 4.78 is 0.798. The number of phenols is 1. The largest absolute Gasteiger partial charge is 0.618 e. The Balaban J connectivity index is 2.28. The highest BCUT2D eigenvalue weighted by Crippen LogP contribution is 2.11. The van der Waals surface area contributed by atoms with Gasteiger partial charge in [-0.05, 0) is 24.3 Å². The minimum atomic E-state index is 0.189. The zero-order valence-electron chi connectivity index (χ0n) is 8.58. The highest BCUT2D eigenvalue weighted by atomic mass is 16.5. The van der Waals surface area contributed by atoms with Crippen molar-refractivity contribution in [2.24, 2.45) is 0 Å². The van der Waals surface area contributed by atoms with Crippen molar-refractivity contribution in [3.05, 3.63) is 65.4 Å². The zero-order chi connectivity index (χ0) is 11.4. The van der Waals surface area contributed by atoms with Crippen LogP contribution in [-0.2, 0) is 0 Å². The van der Waals surface area contributed by atoms with Gasteiger partial charge in [0.05, 0.1) is 0 Å². The molecule has 2 aromatic carbocycles. The van der Waals surface area contributed by atoms with Gasteiger partial charge in [0.25, 0.3) is 0 Å². The molecule has 2 rings (SSSR count). The first-order chi connectivity index (χ1) is 7.75. The Bertz CT molecular complexity index is 489. The van der Waals surface area contributed by atoms with Crippen LogP contribution in [-0.4, -0.2) is 16.1 Å². The van der Waals surface area contributed by atoms with Crippen molar-refractivity contribution in [3.8, 4) is 5.75 Å². The second-order valence-electron chi connectivity index (χ2n) is 3.38. The average molecular weight is 213 g/mol. The molecular weight excluding hydrogens is 202 g/mol. The molecule has 0 aromatic heterocycles. The number of para-hydroxylation sites is 1. The predicted molar refractivity (Wildman–Crippen MR) is 63.0 cm³/mol. The number of benzene rings is 2. The summed E-state index contributed by atoms with van der Waals surface area (Å²) in [4.78, 5) is 0. The first kappa shape index (κ1) is 10.2. The topological polar surface area (TPSA) is 46.3 Å². The molecule has 80 valence electrons. The number of nitrogens with zero attached hydrogens (tertiary/aromatic N) is 1. The molecule has 0 bridgehead atoms. The Labute approximate surface area is 93.5 Å². The lowest BCUT2D eigenvalue weighted by Gasteiger charge is -2.02. The van der Waals surface area contributed by atoms with Crippen LogP contribution in [0.3, 0.4) is 0 Å². The molecule has 0 aliphatic carbocycles. The Morgan fingerprint density at radius 3 is 2.19 bits per heavy atom.